The summed E-state index contributed by atoms with van der Waals surface area (Å²) in [7, 11) is 2.15. The van der Waals surface area contributed by atoms with Crippen molar-refractivity contribution in [2.24, 2.45) is 5.92 Å². The Kier molecular flexibility index (Phi) is 5.87. The van der Waals surface area contributed by atoms with Gasteiger partial charge in [-0.25, -0.2) is 0 Å². The molecule has 1 unspecified atom stereocenters. The highest BCUT2D eigenvalue weighted by atomic mass is 16.1. The lowest BCUT2D eigenvalue weighted by molar-refractivity contribution is -0.122. The third-order valence-corrected chi connectivity index (χ3v) is 5.13. The molecule has 25 heavy (non-hydrogen) atoms. The standard InChI is InChI=1S/C22H28N2O/c1-17-7-6-10-20(15-17)22(19-8-4-3-5-9-19)23-21(25)16-18-11-13-24(2)14-12-18/h3-10,15,18,22H,11-14,16H2,1-2H3,(H,23,25). The SMILES string of the molecule is Cc1cccc(C(NC(=O)CC2CCN(C)CC2)c2ccccc2)c1. The van der Waals surface area contributed by atoms with Crippen LogP contribution in [0.3, 0.4) is 0 Å². The minimum Gasteiger partial charge on any atom is -0.345 e. The van der Waals surface area contributed by atoms with Crippen LogP contribution in [0, 0.1) is 12.8 Å². The Morgan fingerprint density at radius 2 is 1.76 bits per heavy atom. The molecule has 1 fully saturated rings. The molecule has 2 aromatic rings. The fraction of sp³-hybridized carbons (Fsp3) is 0.409. The molecule has 0 aliphatic carbocycles. The average Bonchev–Trinajstić information content (AvgIpc) is 2.62. The molecule has 0 aromatic heterocycles. The first kappa shape index (κ1) is 17.7. The van der Waals surface area contributed by atoms with Crippen LogP contribution in [0.1, 0.15) is 42.0 Å². The Balaban J connectivity index is 1.72. The smallest absolute Gasteiger partial charge is 0.221 e. The molecule has 1 N–H and O–H groups in total. The molecule has 1 atom stereocenters. The van der Waals surface area contributed by atoms with Crippen molar-refractivity contribution in [2.75, 3.05) is 20.1 Å². The lowest BCUT2D eigenvalue weighted by Crippen LogP contribution is -2.35. The van der Waals surface area contributed by atoms with Crippen LogP contribution >= 0.6 is 0 Å². The number of piperidine rings is 1. The highest BCUT2D eigenvalue weighted by Gasteiger charge is 2.22. The molecule has 2 aromatic carbocycles. The number of carbonyl (C=O) groups excluding carboxylic acids is 1. The molecule has 3 nitrogen and oxygen atoms in total. The second-order valence-corrected chi connectivity index (χ2v) is 7.28. The van der Waals surface area contributed by atoms with Gasteiger partial charge >= 0.3 is 0 Å². The highest BCUT2D eigenvalue weighted by molar-refractivity contribution is 5.77. The zero-order valence-corrected chi connectivity index (χ0v) is 15.2. The number of hydrogen-bond donors (Lipinski definition) is 1. The molecule has 0 saturated carbocycles. The summed E-state index contributed by atoms with van der Waals surface area (Å²) in [4.78, 5) is 15.1. The number of aryl methyl sites for hydroxylation is 1. The molecule has 1 aliphatic rings. The fourth-order valence-corrected chi connectivity index (χ4v) is 3.60. The van der Waals surface area contributed by atoms with Crippen LogP contribution in [0.5, 0.6) is 0 Å². The molecule has 1 heterocycles. The molecule has 1 saturated heterocycles. The predicted octanol–water partition coefficient (Wildman–Crippen LogP) is 3.93. The Hall–Kier alpha value is -2.13. The molecule has 3 heteroatoms. The van der Waals surface area contributed by atoms with Crippen LogP contribution in [0.25, 0.3) is 0 Å². The summed E-state index contributed by atoms with van der Waals surface area (Å²) in [6, 6.07) is 18.6. The molecular formula is C22H28N2O. The second kappa shape index (κ2) is 8.30. The van der Waals surface area contributed by atoms with Gasteiger partial charge in [-0.3, -0.25) is 4.79 Å². The van der Waals surface area contributed by atoms with Crippen LogP contribution in [0.15, 0.2) is 54.6 Å². The Morgan fingerprint density at radius 3 is 2.44 bits per heavy atom. The van der Waals surface area contributed by atoms with Crippen molar-refractivity contribution in [2.45, 2.75) is 32.2 Å². The van der Waals surface area contributed by atoms with Crippen molar-refractivity contribution in [1.29, 1.82) is 0 Å². The number of benzene rings is 2. The molecule has 0 radical (unpaired) electrons. The van der Waals surface area contributed by atoms with E-state index in [2.05, 4.69) is 60.6 Å². The van der Waals surface area contributed by atoms with Crippen LogP contribution in [-0.4, -0.2) is 30.9 Å². The number of nitrogens with zero attached hydrogens (tertiary/aromatic N) is 1. The largest absolute Gasteiger partial charge is 0.345 e. The molecule has 1 aliphatic heterocycles. The van der Waals surface area contributed by atoms with Crippen LogP contribution in [0.2, 0.25) is 0 Å². The summed E-state index contributed by atoms with van der Waals surface area (Å²) in [5.74, 6) is 0.662. The van der Waals surface area contributed by atoms with Crippen molar-refractivity contribution >= 4 is 5.91 Å². The van der Waals surface area contributed by atoms with E-state index >= 15 is 0 Å². The van der Waals surface area contributed by atoms with Gasteiger partial charge in [-0.15, -0.1) is 0 Å². The summed E-state index contributed by atoms with van der Waals surface area (Å²) in [5.41, 5.74) is 3.48. The van der Waals surface area contributed by atoms with Gasteiger partial charge in [-0.2, -0.15) is 0 Å². The van der Waals surface area contributed by atoms with E-state index in [-0.39, 0.29) is 11.9 Å². The molecule has 0 bridgehead atoms. The van der Waals surface area contributed by atoms with Gasteiger partial charge in [0.1, 0.15) is 0 Å². The quantitative estimate of drug-likeness (QED) is 0.897. The van der Waals surface area contributed by atoms with E-state index in [0.717, 1.165) is 37.1 Å². The van der Waals surface area contributed by atoms with E-state index in [1.165, 1.54) is 5.56 Å². The molecular weight excluding hydrogens is 308 g/mol. The van der Waals surface area contributed by atoms with E-state index in [1.54, 1.807) is 0 Å². The van der Waals surface area contributed by atoms with E-state index < -0.39 is 0 Å². The van der Waals surface area contributed by atoms with E-state index in [1.807, 2.05) is 18.2 Å². The van der Waals surface area contributed by atoms with E-state index in [4.69, 9.17) is 0 Å². The first-order valence-electron chi connectivity index (χ1n) is 9.21. The van der Waals surface area contributed by atoms with Crippen molar-refractivity contribution in [3.63, 3.8) is 0 Å². The normalized spacial score (nSPS) is 17.2. The zero-order chi connectivity index (χ0) is 17.6. The van der Waals surface area contributed by atoms with Gasteiger partial charge in [0.05, 0.1) is 6.04 Å². The van der Waals surface area contributed by atoms with Gasteiger partial charge < -0.3 is 10.2 Å². The topological polar surface area (TPSA) is 32.3 Å². The maximum atomic E-state index is 12.7. The van der Waals surface area contributed by atoms with Gasteiger partial charge in [0.2, 0.25) is 5.91 Å². The first-order valence-corrected chi connectivity index (χ1v) is 9.21. The molecule has 0 spiro atoms. The fourth-order valence-electron chi connectivity index (χ4n) is 3.60. The first-order chi connectivity index (χ1) is 12.1. The number of likely N-dealkylation sites (tertiary alicyclic amines) is 1. The zero-order valence-electron chi connectivity index (χ0n) is 15.2. The van der Waals surface area contributed by atoms with Crippen molar-refractivity contribution in [3.8, 4) is 0 Å². The Bertz CT molecular complexity index is 690. The lowest BCUT2D eigenvalue weighted by Gasteiger charge is -2.29. The van der Waals surface area contributed by atoms with Crippen LogP contribution < -0.4 is 5.32 Å². The third kappa shape index (κ3) is 4.93. The summed E-state index contributed by atoms with van der Waals surface area (Å²) < 4.78 is 0. The van der Waals surface area contributed by atoms with Crippen molar-refractivity contribution < 1.29 is 4.79 Å². The Morgan fingerprint density at radius 1 is 1.08 bits per heavy atom. The lowest BCUT2D eigenvalue weighted by atomic mass is 9.92. The summed E-state index contributed by atoms with van der Waals surface area (Å²) in [6.45, 7) is 4.28. The van der Waals surface area contributed by atoms with Crippen molar-refractivity contribution in [1.82, 2.24) is 10.2 Å². The summed E-state index contributed by atoms with van der Waals surface area (Å²) in [6.07, 6.45) is 2.86. The van der Waals surface area contributed by atoms with E-state index in [0.29, 0.717) is 12.3 Å². The number of rotatable bonds is 5. The number of nitrogens with one attached hydrogen (secondary N) is 1. The van der Waals surface area contributed by atoms with Crippen molar-refractivity contribution in [3.05, 3.63) is 71.3 Å². The number of carbonyl (C=O) groups is 1. The summed E-state index contributed by atoms with van der Waals surface area (Å²) in [5, 5.41) is 3.28. The maximum absolute atomic E-state index is 12.7. The number of amides is 1. The highest BCUT2D eigenvalue weighted by Crippen LogP contribution is 2.24. The molecule has 1 amide bonds. The molecule has 132 valence electrons. The predicted molar refractivity (Wildman–Crippen MR) is 102 cm³/mol. The Labute approximate surface area is 151 Å². The van der Waals surface area contributed by atoms with Gasteiger partial charge in [-0.1, -0.05) is 60.2 Å². The third-order valence-electron chi connectivity index (χ3n) is 5.13. The van der Waals surface area contributed by atoms with Crippen LogP contribution in [0.4, 0.5) is 0 Å². The monoisotopic (exact) mass is 336 g/mol. The van der Waals surface area contributed by atoms with E-state index in [9.17, 15) is 4.79 Å². The van der Waals surface area contributed by atoms with Gasteiger partial charge in [0.15, 0.2) is 0 Å². The minimum atomic E-state index is -0.0835. The molecule has 3 rings (SSSR count). The maximum Gasteiger partial charge on any atom is 0.221 e. The minimum absolute atomic E-state index is 0.0835. The van der Waals surface area contributed by atoms with Gasteiger partial charge in [-0.05, 0) is 56.9 Å². The van der Waals surface area contributed by atoms with Gasteiger partial charge in [0, 0.05) is 6.42 Å². The van der Waals surface area contributed by atoms with Gasteiger partial charge in [0.25, 0.3) is 0 Å². The summed E-state index contributed by atoms with van der Waals surface area (Å²) >= 11 is 0. The average molecular weight is 336 g/mol. The second-order valence-electron chi connectivity index (χ2n) is 7.28. The van der Waals surface area contributed by atoms with Crippen LogP contribution in [-0.2, 0) is 4.79 Å². The number of hydrogen-bond acceptors (Lipinski definition) is 2.